The van der Waals surface area contributed by atoms with Crippen LogP contribution in [-0.2, 0) is 6.42 Å². The van der Waals surface area contributed by atoms with Crippen LogP contribution in [-0.4, -0.2) is 16.0 Å². The molecule has 4 heterocycles. The summed E-state index contributed by atoms with van der Waals surface area (Å²) < 4.78 is 1.38. The van der Waals surface area contributed by atoms with Gasteiger partial charge in [-0.05, 0) is 88.9 Å². The summed E-state index contributed by atoms with van der Waals surface area (Å²) in [4.78, 5) is 17.3. The molecule has 0 N–H and O–H groups in total. The van der Waals surface area contributed by atoms with Crippen LogP contribution in [0.4, 0.5) is 17.2 Å². The number of aromatic nitrogens is 2. The van der Waals surface area contributed by atoms with Crippen LogP contribution >= 0.6 is 11.3 Å². The molecule has 5 heteroatoms. The number of benzene rings is 5. The minimum absolute atomic E-state index is 0.00561. The van der Waals surface area contributed by atoms with Gasteiger partial charge in [-0.3, -0.25) is 4.90 Å². The SMILES string of the molecule is CC12C3=C(C=CCC=C3)N(c3cc(-c4ccccc4)nc(-c4ccccc4)n3)c3ccccc3C1N(c1cccc(C3=Cc4sc5ccccc5c4CC3)c1)[C@@H]1C=CC=CC12. The summed E-state index contributed by atoms with van der Waals surface area (Å²) in [5.74, 6) is 1.77. The topological polar surface area (TPSA) is 32.3 Å². The van der Waals surface area contributed by atoms with E-state index in [4.69, 9.17) is 9.97 Å². The van der Waals surface area contributed by atoms with Crippen LogP contribution in [0.5, 0.6) is 0 Å². The van der Waals surface area contributed by atoms with Crippen molar-refractivity contribution in [3.63, 3.8) is 0 Å². The Hall–Kier alpha value is -6.82. The molecule has 0 radical (unpaired) electrons. The first-order chi connectivity index (χ1) is 30.1. The van der Waals surface area contributed by atoms with Gasteiger partial charge in [-0.1, -0.05) is 159 Å². The van der Waals surface area contributed by atoms with E-state index in [-0.39, 0.29) is 23.4 Å². The normalized spacial score (nSPS) is 22.2. The molecule has 2 aromatic heterocycles. The zero-order valence-corrected chi connectivity index (χ0v) is 34.8. The Balaban J connectivity index is 1.06. The number of anilines is 3. The number of hydrogen-bond acceptors (Lipinski definition) is 5. The highest BCUT2D eigenvalue weighted by atomic mass is 32.1. The molecular weight excluding hydrogens is 761 g/mol. The van der Waals surface area contributed by atoms with E-state index in [1.807, 2.05) is 17.4 Å². The van der Waals surface area contributed by atoms with Crippen molar-refractivity contribution in [1.29, 1.82) is 0 Å². The lowest BCUT2D eigenvalue weighted by Crippen LogP contribution is -2.34. The predicted octanol–water partition coefficient (Wildman–Crippen LogP) is 14.1. The summed E-state index contributed by atoms with van der Waals surface area (Å²) in [6.45, 7) is 2.53. The average Bonchev–Trinajstić information content (AvgIpc) is 3.66. The third kappa shape index (κ3) is 5.78. The molecule has 4 atom stereocenters. The maximum atomic E-state index is 5.46. The first-order valence-electron chi connectivity index (χ1n) is 21.5. The van der Waals surface area contributed by atoms with Gasteiger partial charge >= 0.3 is 0 Å². The van der Waals surface area contributed by atoms with Crippen LogP contribution in [0.2, 0.25) is 0 Å². The summed E-state index contributed by atoms with van der Waals surface area (Å²) in [6, 6.07) is 50.6. The molecule has 0 saturated carbocycles. The smallest absolute Gasteiger partial charge is 0.162 e. The van der Waals surface area contributed by atoms with E-state index in [0.29, 0.717) is 5.82 Å². The highest BCUT2D eigenvalue weighted by molar-refractivity contribution is 7.20. The molecule has 7 aromatic rings. The van der Waals surface area contributed by atoms with E-state index in [9.17, 15) is 0 Å². The number of para-hydroxylation sites is 1. The van der Waals surface area contributed by atoms with Gasteiger partial charge in [0.25, 0.3) is 0 Å². The molecule has 294 valence electrons. The fourth-order valence-electron chi connectivity index (χ4n) is 10.8. The van der Waals surface area contributed by atoms with Gasteiger partial charge in [0, 0.05) is 43.8 Å². The Bertz CT molecular complexity index is 3000. The Morgan fingerprint density at radius 2 is 1.44 bits per heavy atom. The summed E-state index contributed by atoms with van der Waals surface area (Å²) >= 11 is 1.93. The number of rotatable bonds is 5. The van der Waals surface area contributed by atoms with Gasteiger partial charge in [-0.25, -0.2) is 9.97 Å². The molecule has 1 saturated heterocycles. The van der Waals surface area contributed by atoms with Crippen molar-refractivity contribution in [3.8, 4) is 22.6 Å². The lowest BCUT2D eigenvalue weighted by Gasteiger charge is -2.39. The Morgan fingerprint density at radius 3 is 2.33 bits per heavy atom. The number of thiophene rings is 1. The Kier molecular flexibility index (Phi) is 8.53. The second-order valence-electron chi connectivity index (χ2n) is 16.9. The van der Waals surface area contributed by atoms with Crippen LogP contribution in [0.3, 0.4) is 0 Å². The minimum atomic E-state index is -0.319. The average molecular weight is 805 g/mol. The van der Waals surface area contributed by atoms with Crippen molar-refractivity contribution in [3.05, 3.63) is 221 Å². The maximum Gasteiger partial charge on any atom is 0.162 e. The van der Waals surface area contributed by atoms with Gasteiger partial charge < -0.3 is 4.90 Å². The Labute approximate surface area is 361 Å². The quantitative estimate of drug-likeness (QED) is 0.173. The zero-order valence-electron chi connectivity index (χ0n) is 34.0. The van der Waals surface area contributed by atoms with Gasteiger partial charge in [0.2, 0.25) is 0 Å². The second-order valence-corrected chi connectivity index (χ2v) is 18.0. The molecule has 61 heavy (non-hydrogen) atoms. The van der Waals surface area contributed by atoms with Gasteiger partial charge in [0.05, 0.1) is 29.2 Å². The Morgan fingerprint density at radius 1 is 0.689 bits per heavy atom. The minimum Gasteiger partial charge on any atom is -0.356 e. The largest absolute Gasteiger partial charge is 0.356 e. The number of aryl methyl sites for hydroxylation is 1. The monoisotopic (exact) mass is 804 g/mol. The molecule has 2 aliphatic heterocycles. The molecule has 0 amide bonds. The summed E-state index contributed by atoms with van der Waals surface area (Å²) in [6.07, 6.45) is 24.3. The van der Waals surface area contributed by atoms with E-state index in [2.05, 4.69) is 205 Å². The van der Waals surface area contributed by atoms with Crippen LogP contribution in [0.1, 0.15) is 47.4 Å². The molecule has 12 rings (SSSR count). The molecule has 1 fully saturated rings. The second kappa shape index (κ2) is 14.4. The van der Waals surface area contributed by atoms with Gasteiger partial charge in [-0.2, -0.15) is 0 Å². The summed E-state index contributed by atoms with van der Waals surface area (Å²) in [5.41, 5.74) is 13.0. The van der Waals surface area contributed by atoms with E-state index >= 15 is 0 Å². The van der Waals surface area contributed by atoms with E-state index in [1.54, 1.807) is 0 Å². The van der Waals surface area contributed by atoms with E-state index in [0.717, 1.165) is 53.3 Å². The first-order valence-corrected chi connectivity index (χ1v) is 22.4. The van der Waals surface area contributed by atoms with Crippen molar-refractivity contribution in [2.75, 3.05) is 9.80 Å². The summed E-state index contributed by atoms with van der Waals surface area (Å²) in [5, 5.41) is 1.41. The molecule has 3 aliphatic carbocycles. The van der Waals surface area contributed by atoms with E-state index in [1.165, 1.54) is 48.5 Å². The lowest BCUT2D eigenvalue weighted by atomic mass is 9.65. The van der Waals surface area contributed by atoms with Crippen molar-refractivity contribution < 1.29 is 0 Å². The molecular formula is C56H44N4S. The maximum absolute atomic E-state index is 5.46. The standard InChI is InChI=1S/C56H44N4S/c1-56-45-27-13-15-30-49(45)59(41-23-17-22-39(34-41)40-32-33-43-42-24-12-16-31-51(42)61-52(43)35-40)54(56)44-25-11-14-28-48(44)60(50-29-10-4-9-26-46(50)56)53-36-47(37-18-5-2-6-19-37)57-55(58-53)38-20-7-3-8-21-38/h2-3,5-31,34-36,45,49,54H,4,32-33H2,1H3/t45?,49-,54?,56?/m1/s1. The summed E-state index contributed by atoms with van der Waals surface area (Å²) in [7, 11) is 0. The molecule has 5 aliphatic rings. The highest BCUT2D eigenvalue weighted by Crippen LogP contribution is 2.64. The number of nitrogens with zero attached hydrogens (tertiary/aromatic N) is 4. The number of allylic oxidation sites excluding steroid dienone is 7. The molecule has 0 spiro atoms. The van der Waals surface area contributed by atoms with Gasteiger partial charge in [0.1, 0.15) is 5.82 Å². The van der Waals surface area contributed by atoms with Crippen LogP contribution in [0.25, 0.3) is 44.4 Å². The molecule has 4 nitrogen and oxygen atoms in total. The van der Waals surface area contributed by atoms with Crippen molar-refractivity contribution in [2.45, 2.75) is 38.3 Å². The third-order valence-electron chi connectivity index (χ3n) is 13.6. The molecule has 0 bridgehead atoms. The fraction of sp³-hybridized carbons (Fsp3) is 0.143. The first kappa shape index (κ1) is 36.1. The number of fused-ring (bicyclic) bond motifs is 9. The van der Waals surface area contributed by atoms with Crippen LogP contribution in [0, 0.1) is 11.3 Å². The van der Waals surface area contributed by atoms with Crippen molar-refractivity contribution in [1.82, 2.24) is 9.97 Å². The van der Waals surface area contributed by atoms with Crippen molar-refractivity contribution in [2.24, 2.45) is 11.3 Å². The zero-order chi connectivity index (χ0) is 40.5. The predicted molar refractivity (Wildman–Crippen MR) is 255 cm³/mol. The molecule has 3 unspecified atom stereocenters. The lowest BCUT2D eigenvalue weighted by molar-refractivity contribution is 0.305. The van der Waals surface area contributed by atoms with Crippen LogP contribution in [0.15, 0.2) is 199 Å². The van der Waals surface area contributed by atoms with E-state index < -0.39 is 0 Å². The third-order valence-corrected chi connectivity index (χ3v) is 14.8. The molecule has 5 aromatic carbocycles. The van der Waals surface area contributed by atoms with Crippen LogP contribution < -0.4 is 9.80 Å². The van der Waals surface area contributed by atoms with Gasteiger partial charge in [0.15, 0.2) is 5.82 Å². The van der Waals surface area contributed by atoms with Gasteiger partial charge in [-0.15, -0.1) is 11.3 Å². The number of hydrogen-bond donors (Lipinski definition) is 0. The van der Waals surface area contributed by atoms with Crippen molar-refractivity contribution >= 4 is 50.3 Å². The highest BCUT2D eigenvalue weighted by Gasteiger charge is 2.59. The fourth-order valence-corrected chi connectivity index (χ4v) is 12.1.